The molecule has 1 unspecified atom stereocenters. The van der Waals surface area contributed by atoms with Crippen LogP contribution >= 0.6 is 0 Å². The molecule has 2 bridgehead atoms. The van der Waals surface area contributed by atoms with E-state index in [0.717, 1.165) is 5.56 Å². The van der Waals surface area contributed by atoms with Crippen LogP contribution in [0.3, 0.4) is 0 Å². The summed E-state index contributed by atoms with van der Waals surface area (Å²) in [6, 6.07) is 3.00. The topological polar surface area (TPSA) is 59.0 Å². The third-order valence-corrected chi connectivity index (χ3v) is 6.31. The summed E-state index contributed by atoms with van der Waals surface area (Å²) in [5.74, 6) is -0.534. The van der Waals surface area contributed by atoms with Crippen LogP contribution in [0.5, 0.6) is 11.5 Å². The number of carbonyl (C=O) groups is 1. The normalized spacial score (nSPS) is 47.1. The predicted molar refractivity (Wildman–Crippen MR) is 83.0 cm³/mol. The van der Waals surface area contributed by atoms with Crippen molar-refractivity contribution >= 4 is 5.78 Å². The van der Waals surface area contributed by atoms with Crippen LogP contribution in [0.1, 0.15) is 37.2 Å². The molecule has 0 aromatic heterocycles. The number of ether oxygens (including phenoxy) is 2. The molecule has 2 heterocycles. The largest absolute Gasteiger partial charge is 0.493 e. The molecule has 2 aliphatic heterocycles. The van der Waals surface area contributed by atoms with Crippen LogP contribution < -0.4 is 9.47 Å². The van der Waals surface area contributed by atoms with Crippen LogP contribution in [-0.2, 0) is 16.6 Å². The summed E-state index contributed by atoms with van der Waals surface area (Å²) in [5.41, 5.74) is -0.811. The number of rotatable bonds is 2. The number of carbonyl (C=O) groups excluding carboxylic acids is 1. The van der Waals surface area contributed by atoms with Crippen molar-refractivity contribution in [3.8, 4) is 11.5 Å². The zero-order valence-corrected chi connectivity index (χ0v) is 12.7. The minimum Gasteiger partial charge on any atom is -0.493 e. The van der Waals surface area contributed by atoms with Crippen molar-refractivity contribution in [3.05, 3.63) is 23.3 Å². The van der Waals surface area contributed by atoms with Crippen molar-refractivity contribution in [3.63, 3.8) is 0 Å². The lowest BCUT2D eigenvalue weighted by Gasteiger charge is -2.62. The van der Waals surface area contributed by atoms with E-state index in [4.69, 9.17) is 22.9 Å². The van der Waals surface area contributed by atoms with Crippen molar-refractivity contribution in [1.29, 1.82) is 1.43 Å². The van der Waals surface area contributed by atoms with Gasteiger partial charge >= 0.3 is 0 Å². The lowest BCUT2D eigenvalue weighted by atomic mass is 9.49. The second-order valence-electron chi connectivity index (χ2n) is 7.06. The zero-order chi connectivity index (χ0) is 21.0. The molecule has 0 radical (unpaired) electrons. The molecule has 5 heteroatoms. The smallest absolute Gasteiger partial charge is 0.211 e. The van der Waals surface area contributed by atoms with Gasteiger partial charge in [0.2, 0.25) is 1.43 Å². The van der Waals surface area contributed by atoms with Gasteiger partial charge in [0.1, 0.15) is 0 Å². The van der Waals surface area contributed by atoms with E-state index in [1.807, 2.05) is 7.05 Å². The number of hydrogen-bond donors (Lipinski definition) is 1. The van der Waals surface area contributed by atoms with E-state index in [2.05, 4.69) is 4.90 Å². The molecule has 5 nitrogen and oxygen atoms in total. The molecule has 1 spiro atoms. The first kappa shape index (κ1) is 9.04. The van der Waals surface area contributed by atoms with Gasteiger partial charge in [-0.3, -0.25) is 4.79 Å². The number of likely N-dealkylation sites (tertiary alicyclic amines) is 1. The molecular weight excluding hydrogens is 294 g/mol. The van der Waals surface area contributed by atoms with Gasteiger partial charge in [0.05, 0.1) is 22.2 Å². The second-order valence-corrected chi connectivity index (χ2v) is 7.06. The predicted octanol–water partition coefficient (Wildman–Crippen LogP) is 1.05. The summed E-state index contributed by atoms with van der Waals surface area (Å²) in [5, 5.41) is 5.38. The number of Topliss-reactive ketones (excluding diaryl/α,β-unsaturated/α-hetero) is 1. The molecule has 1 aromatic carbocycles. The highest BCUT2D eigenvalue weighted by atomic mass is 16.5. The first-order chi connectivity index (χ1) is 13.5. The van der Waals surface area contributed by atoms with Crippen LogP contribution in [0.4, 0.5) is 0 Å². The minimum absolute atomic E-state index is 0.00264. The fourth-order valence-corrected chi connectivity index (χ4v) is 5.27. The van der Waals surface area contributed by atoms with Gasteiger partial charge in [-0.2, -0.15) is 0 Å². The van der Waals surface area contributed by atoms with E-state index in [1.165, 1.54) is 6.07 Å². The molecule has 23 heavy (non-hydrogen) atoms. The Morgan fingerprint density at radius 3 is 3.30 bits per heavy atom. The fraction of sp³-hybridized carbons (Fsp3) is 0.611. The summed E-state index contributed by atoms with van der Waals surface area (Å²) >= 11 is 0. The number of methoxy groups -OCH3 is 1. The number of piperidine rings is 1. The molecule has 2 aliphatic carbocycles. The van der Waals surface area contributed by atoms with Crippen LogP contribution in [0.2, 0.25) is 0 Å². The Morgan fingerprint density at radius 2 is 2.48 bits per heavy atom. The Balaban J connectivity index is 1.81. The van der Waals surface area contributed by atoms with Gasteiger partial charge in [0.25, 0.3) is 0 Å². The monoisotopic (exact) mass is 321 g/mol. The average molecular weight is 321 g/mol. The molecule has 1 N–H and O–H groups in total. The average Bonchev–Trinajstić information content (AvgIpc) is 2.97. The van der Waals surface area contributed by atoms with Gasteiger partial charge < -0.3 is 19.5 Å². The maximum atomic E-state index is 13.1. The van der Waals surface area contributed by atoms with Gasteiger partial charge in [-0.25, -0.2) is 0 Å². The standard InChI is InChI=1S/C18H21NO4/c1-19-8-7-17-14-10-3-4-12(22-2)15(14)23-16(17)11(20)5-6-18(17,21)13(19)9-10/h3-4,13,16,21H,5-9H2,1-2H3/t13-,16?,17+,18-/m1/s1/i2D3,5D2,21D. The molecule has 2 fully saturated rings. The van der Waals surface area contributed by atoms with Gasteiger partial charge in [0, 0.05) is 20.7 Å². The lowest BCUT2D eigenvalue weighted by molar-refractivity contribution is -0.185. The van der Waals surface area contributed by atoms with Crippen molar-refractivity contribution in [2.75, 3.05) is 20.6 Å². The zero-order valence-electron chi connectivity index (χ0n) is 18.7. The Morgan fingerprint density at radius 1 is 1.57 bits per heavy atom. The number of aliphatic hydroxyl groups is 1. The highest BCUT2D eigenvalue weighted by Gasteiger charge is 2.72. The van der Waals surface area contributed by atoms with Gasteiger partial charge in [-0.05, 0) is 44.5 Å². The Labute approximate surface area is 143 Å². The van der Waals surface area contributed by atoms with E-state index in [-0.39, 0.29) is 24.0 Å². The molecule has 1 saturated heterocycles. The van der Waals surface area contributed by atoms with Crippen LogP contribution in [-0.4, -0.2) is 55.6 Å². The van der Waals surface area contributed by atoms with Crippen molar-refractivity contribution in [2.24, 2.45) is 0 Å². The number of likely N-dealkylation sites (N-methyl/N-ethyl adjacent to an activating group) is 1. The Kier molecular flexibility index (Phi) is 1.60. The van der Waals surface area contributed by atoms with Gasteiger partial charge in [0.15, 0.2) is 23.4 Å². The molecular formula is C18H21NO4. The van der Waals surface area contributed by atoms with Gasteiger partial charge in [-0.15, -0.1) is 0 Å². The van der Waals surface area contributed by atoms with E-state index in [9.17, 15) is 4.79 Å². The summed E-state index contributed by atoms with van der Waals surface area (Å²) < 4.78 is 58.2. The fourth-order valence-electron chi connectivity index (χ4n) is 5.27. The maximum absolute atomic E-state index is 13.1. The van der Waals surface area contributed by atoms with E-state index < -0.39 is 36.3 Å². The molecule has 5 rings (SSSR count). The summed E-state index contributed by atoms with van der Waals surface area (Å²) in [7, 11) is -0.793. The van der Waals surface area contributed by atoms with E-state index in [0.29, 0.717) is 24.9 Å². The van der Waals surface area contributed by atoms with Crippen LogP contribution in [0.25, 0.3) is 0 Å². The molecule has 0 amide bonds. The van der Waals surface area contributed by atoms with Crippen molar-refractivity contribution in [2.45, 2.75) is 48.8 Å². The third-order valence-electron chi connectivity index (χ3n) is 6.31. The molecule has 1 aromatic rings. The molecule has 122 valence electrons. The second kappa shape index (κ2) is 4.08. The third kappa shape index (κ3) is 1.32. The van der Waals surface area contributed by atoms with E-state index in [1.54, 1.807) is 6.07 Å². The Hall–Kier alpha value is -1.59. The van der Waals surface area contributed by atoms with Gasteiger partial charge in [-0.1, -0.05) is 6.07 Å². The first-order valence-corrected chi connectivity index (χ1v) is 7.88. The van der Waals surface area contributed by atoms with Crippen LogP contribution in [0.15, 0.2) is 12.1 Å². The summed E-state index contributed by atoms with van der Waals surface area (Å²) in [6.07, 6.45) is -2.75. The quantitative estimate of drug-likeness (QED) is 0.882. The minimum atomic E-state index is -2.70. The summed E-state index contributed by atoms with van der Waals surface area (Å²) in [6.45, 7) is 0.620. The maximum Gasteiger partial charge on any atom is 0.211 e. The number of ketones is 1. The molecule has 4 aliphatic rings. The first-order valence-electron chi connectivity index (χ1n) is 10.8. The summed E-state index contributed by atoms with van der Waals surface area (Å²) in [4.78, 5) is 15.2. The number of hydrogen-bond acceptors (Lipinski definition) is 5. The highest BCUT2D eigenvalue weighted by Crippen LogP contribution is 2.64. The molecule has 1 saturated carbocycles. The van der Waals surface area contributed by atoms with Crippen molar-refractivity contribution in [1.82, 2.24) is 4.90 Å². The SMILES string of the molecule is [2H]O[C@@]12CC([2H])([2H])C(=O)C3Oc4c(OC([2H])([2H])[2H])ccc5c4[C@@]31CCN(C)[C@@H]2C5. The Bertz CT molecular complexity index is 920. The highest BCUT2D eigenvalue weighted by molar-refractivity contribution is 5.90. The molecule has 4 atom stereocenters. The van der Waals surface area contributed by atoms with Crippen molar-refractivity contribution < 1.29 is 26.2 Å². The van der Waals surface area contributed by atoms with E-state index >= 15 is 0 Å². The number of nitrogens with zero attached hydrogens (tertiary/aromatic N) is 1. The number of benzene rings is 1. The van der Waals surface area contributed by atoms with Crippen LogP contribution in [0, 0.1) is 0 Å². The lowest BCUT2D eigenvalue weighted by Crippen LogP contribution is -2.76.